The maximum Gasteiger partial charge on any atom is 0.138 e. The first-order valence-electron chi connectivity index (χ1n) is 13.8. The minimum Gasteiger partial charge on any atom is -0.389 e. The van der Waals surface area contributed by atoms with Gasteiger partial charge in [0.25, 0.3) is 0 Å². The number of aliphatic hydroxyl groups excluding tert-OH is 1. The third-order valence-electron chi connectivity index (χ3n) is 12.8. The van der Waals surface area contributed by atoms with E-state index in [1.54, 1.807) is 19.9 Å². The predicted octanol–water partition coefficient (Wildman–Crippen LogP) is 6.32. The number of rotatable bonds is 4. The van der Waals surface area contributed by atoms with Crippen molar-refractivity contribution in [2.45, 2.75) is 118 Å². The summed E-state index contributed by atoms with van der Waals surface area (Å²) in [6.07, 6.45) is 14.0. The molecule has 0 aliphatic heterocycles. The largest absolute Gasteiger partial charge is 0.389 e. The monoisotopic (exact) mass is 456 g/mol. The number of hydrogen-bond donors (Lipinski definition) is 2. The van der Waals surface area contributed by atoms with Gasteiger partial charge in [-0.25, -0.2) is 0 Å². The molecule has 33 heavy (non-hydrogen) atoms. The summed E-state index contributed by atoms with van der Waals surface area (Å²) >= 11 is 0. The summed E-state index contributed by atoms with van der Waals surface area (Å²) < 4.78 is 0. The lowest BCUT2D eigenvalue weighted by Crippen LogP contribution is -2.57. The minimum absolute atomic E-state index is 0.141. The molecule has 0 saturated heterocycles. The van der Waals surface area contributed by atoms with E-state index in [1.807, 2.05) is 6.08 Å². The van der Waals surface area contributed by atoms with Crippen LogP contribution in [0, 0.1) is 50.7 Å². The number of hydrogen-bond acceptors (Lipinski definition) is 3. The Hall–Kier alpha value is -0.670. The van der Waals surface area contributed by atoms with E-state index < -0.39 is 11.7 Å². The highest BCUT2D eigenvalue weighted by Crippen LogP contribution is 2.88. The van der Waals surface area contributed by atoms with Crippen molar-refractivity contribution in [3.8, 4) is 0 Å². The Labute approximate surface area is 201 Å². The van der Waals surface area contributed by atoms with Crippen LogP contribution in [0.15, 0.2) is 12.2 Å². The quantitative estimate of drug-likeness (QED) is 0.487. The van der Waals surface area contributed by atoms with E-state index in [-0.39, 0.29) is 16.7 Å². The fraction of sp³-hybridized carbons (Fsp3) is 0.900. The Kier molecular flexibility index (Phi) is 5.07. The molecule has 2 N–H and O–H groups in total. The van der Waals surface area contributed by atoms with Crippen molar-refractivity contribution in [1.82, 2.24) is 0 Å². The molecule has 0 heterocycles. The Balaban J connectivity index is 1.42. The summed E-state index contributed by atoms with van der Waals surface area (Å²) in [5.41, 5.74) is 0.445. The van der Waals surface area contributed by atoms with Gasteiger partial charge in [0, 0.05) is 11.8 Å². The van der Waals surface area contributed by atoms with Crippen LogP contribution in [0.5, 0.6) is 0 Å². The van der Waals surface area contributed by atoms with Crippen molar-refractivity contribution in [2.75, 3.05) is 0 Å². The van der Waals surface area contributed by atoms with Crippen molar-refractivity contribution in [1.29, 1.82) is 0 Å². The van der Waals surface area contributed by atoms with Crippen LogP contribution in [0.3, 0.4) is 0 Å². The predicted molar refractivity (Wildman–Crippen MR) is 132 cm³/mol. The average Bonchev–Trinajstić information content (AvgIpc) is 3.31. The Morgan fingerprint density at radius 1 is 0.939 bits per heavy atom. The summed E-state index contributed by atoms with van der Waals surface area (Å²) in [6.45, 7) is 15.4. The van der Waals surface area contributed by atoms with Gasteiger partial charge in [0.05, 0.1) is 11.7 Å². The molecule has 0 aromatic carbocycles. The second kappa shape index (κ2) is 6.96. The number of Topliss-reactive ketones (excluding diaryl/α,β-unsaturated/α-hetero) is 1. The lowest BCUT2D eigenvalue weighted by molar-refractivity contribution is -0.158. The highest BCUT2D eigenvalue weighted by atomic mass is 16.3. The molecular formula is C30H48O3. The molecule has 186 valence electrons. The normalized spacial score (nSPS) is 50.2. The number of ketones is 1. The zero-order valence-electron chi connectivity index (χ0n) is 22.2. The van der Waals surface area contributed by atoms with Crippen LogP contribution in [0.4, 0.5) is 0 Å². The highest BCUT2D eigenvalue weighted by molar-refractivity contribution is 5.86. The second-order valence-electron chi connectivity index (χ2n) is 14.7. The summed E-state index contributed by atoms with van der Waals surface area (Å²) in [6, 6.07) is 0. The first-order valence-corrected chi connectivity index (χ1v) is 13.8. The first-order chi connectivity index (χ1) is 15.1. The molecule has 3 heteroatoms. The van der Waals surface area contributed by atoms with Gasteiger partial charge in [0.1, 0.15) is 5.78 Å². The van der Waals surface area contributed by atoms with Crippen LogP contribution in [0.25, 0.3) is 0 Å². The van der Waals surface area contributed by atoms with Crippen LogP contribution < -0.4 is 0 Å². The summed E-state index contributed by atoms with van der Waals surface area (Å²) in [5.74, 6) is 2.57. The minimum atomic E-state index is -0.889. The Morgan fingerprint density at radius 2 is 1.58 bits per heavy atom. The van der Waals surface area contributed by atoms with E-state index in [2.05, 4.69) is 34.6 Å². The van der Waals surface area contributed by atoms with Gasteiger partial charge in [-0.05, 0) is 111 Å². The average molecular weight is 457 g/mol. The third kappa shape index (κ3) is 2.97. The van der Waals surface area contributed by atoms with Crippen molar-refractivity contribution < 1.29 is 15.0 Å². The van der Waals surface area contributed by atoms with Gasteiger partial charge in [-0.15, -0.1) is 0 Å². The molecule has 5 rings (SSSR count). The van der Waals surface area contributed by atoms with Gasteiger partial charge in [-0.1, -0.05) is 46.8 Å². The molecule has 5 fully saturated rings. The SMILES string of the molecule is C[C@H](C(O)/C=C/C(C)(C)O)[C@H]1CC[C@@]2(C)C3CCC4C(C)(C)C(=O)CC[C@@]45C[C@@]35CC[C@]12C. The topological polar surface area (TPSA) is 57.5 Å². The van der Waals surface area contributed by atoms with E-state index in [0.717, 1.165) is 18.8 Å². The molecule has 0 aromatic rings. The third-order valence-corrected chi connectivity index (χ3v) is 12.8. The molecule has 0 bridgehead atoms. The fourth-order valence-corrected chi connectivity index (χ4v) is 10.8. The second-order valence-corrected chi connectivity index (χ2v) is 14.7. The van der Waals surface area contributed by atoms with Gasteiger partial charge in [-0.2, -0.15) is 0 Å². The molecule has 0 radical (unpaired) electrons. The standard InChI is InChI=1S/C30H48O3/c1-19(21(31)11-13-25(2,3)33)20-10-14-28(7)23-9-8-22-26(4,5)24(32)12-15-29(22)18-30(23,29)17-16-27(20,28)6/h11,13,19-23,31,33H,8-10,12,14-18H2,1-7H3/b13-11+/t19-,20+,21?,22?,23?,27+,28-,29+,30-/m0/s1. The van der Waals surface area contributed by atoms with Crippen molar-refractivity contribution in [2.24, 2.45) is 50.7 Å². The summed E-state index contributed by atoms with van der Waals surface area (Å²) in [4.78, 5) is 12.8. The van der Waals surface area contributed by atoms with Crippen molar-refractivity contribution >= 4 is 5.78 Å². The van der Waals surface area contributed by atoms with E-state index in [4.69, 9.17) is 0 Å². The van der Waals surface area contributed by atoms with Crippen LogP contribution in [0.1, 0.15) is 106 Å². The maximum atomic E-state index is 12.8. The molecule has 5 aliphatic carbocycles. The fourth-order valence-electron chi connectivity index (χ4n) is 10.8. The van der Waals surface area contributed by atoms with Crippen LogP contribution >= 0.6 is 0 Å². The van der Waals surface area contributed by atoms with Gasteiger partial charge < -0.3 is 10.2 Å². The Morgan fingerprint density at radius 3 is 2.24 bits per heavy atom. The molecule has 2 spiro atoms. The molecular weight excluding hydrogens is 408 g/mol. The summed E-state index contributed by atoms with van der Waals surface area (Å²) in [7, 11) is 0. The molecule has 5 saturated carbocycles. The number of carbonyl (C=O) groups is 1. The lowest BCUT2D eigenvalue weighted by atomic mass is 9.42. The van der Waals surface area contributed by atoms with Crippen LogP contribution in [-0.4, -0.2) is 27.7 Å². The summed E-state index contributed by atoms with van der Waals surface area (Å²) in [5, 5.41) is 21.1. The van der Waals surface area contributed by atoms with Gasteiger partial charge in [-0.3, -0.25) is 4.79 Å². The molecule has 3 nitrogen and oxygen atoms in total. The van der Waals surface area contributed by atoms with Crippen molar-refractivity contribution in [3.05, 3.63) is 12.2 Å². The molecule has 9 atom stereocenters. The van der Waals surface area contributed by atoms with Gasteiger partial charge in [0.2, 0.25) is 0 Å². The zero-order valence-corrected chi connectivity index (χ0v) is 22.2. The van der Waals surface area contributed by atoms with Gasteiger partial charge in [0.15, 0.2) is 0 Å². The van der Waals surface area contributed by atoms with E-state index in [0.29, 0.717) is 33.9 Å². The zero-order chi connectivity index (χ0) is 24.2. The molecule has 0 amide bonds. The van der Waals surface area contributed by atoms with E-state index >= 15 is 0 Å². The van der Waals surface area contributed by atoms with Crippen LogP contribution in [0.2, 0.25) is 0 Å². The van der Waals surface area contributed by atoms with Crippen molar-refractivity contribution in [3.63, 3.8) is 0 Å². The lowest BCUT2D eigenvalue weighted by Gasteiger charge is -2.62. The first kappa shape index (κ1) is 24.0. The molecule has 3 unspecified atom stereocenters. The number of carbonyl (C=O) groups excluding carboxylic acids is 1. The molecule has 5 aliphatic rings. The van der Waals surface area contributed by atoms with E-state index in [9.17, 15) is 15.0 Å². The van der Waals surface area contributed by atoms with Crippen LogP contribution in [-0.2, 0) is 4.79 Å². The smallest absolute Gasteiger partial charge is 0.138 e. The molecule has 0 aromatic heterocycles. The highest BCUT2D eigenvalue weighted by Gasteiger charge is 2.82. The maximum absolute atomic E-state index is 12.8. The number of fused-ring (bicyclic) bond motifs is 2. The Bertz CT molecular complexity index is 866. The van der Waals surface area contributed by atoms with E-state index in [1.165, 1.54) is 44.9 Å². The van der Waals surface area contributed by atoms with Gasteiger partial charge >= 0.3 is 0 Å². The number of aliphatic hydroxyl groups is 2.